The van der Waals surface area contributed by atoms with Crippen molar-refractivity contribution in [1.29, 1.82) is 0 Å². The maximum absolute atomic E-state index is 15.1. The maximum Gasteiger partial charge on any atom is 0.225 e. The number of hydrogen-bond acceptors (Lipinski definition) is 1. The number of carbonyl (C=O) groups is 1. The summed E-state index contributed by atoms with van der Waals surface area (Å²) >= 11 is 0. The van der Waals surface area contributed by atoms with Gasteiger partial charge in [0.15, 0.2) is 11.6 Å². The smallest absolute Gasteiger partial charge is 0.225 e. The summed E-state index contributed by atoms with van der Waals surface area (Å²) in [5.74, 6) is -3.77. The lowest BCUT2D eigenvalue weighted by Gasteiger charge is -2.28. The second-order valence-corrected chi connectivity index (χ2v) is 7.67. The lowest BCUT2D eigenvalue weighted by atomic mass is 9.92. The van der Waals surface area contributed by atoms with Crippen LogP contribution >= 0.6 is 0 Å². The van der Waals surface area contributed by atoms with Crippen LogP contribution < -0.4 is 0 Å². The van der Waals surface area contributed by atoms with E-state index in [-0.39, 0.29) is 41.5 Å². The zero-order valence-electron chi connectivity index (χ0n) is 16.1. The topological polar surface area (TPSA) is 20.3 Å². The van der Waals surface area contributed by atoms with Crippen LogP contribution in [0.15, 0.2) is 36.4 Å². The fraction of sp³-hybridized carbons (Fsp3) is 0.409. The van der Waals surface area contributed by atoms with Gasteiger partial charge in [-0.2, -0.15) is 0 Å². The van der Waals surface area contributed by atoms with Crippen molar-refractivity contribution in [3.05, 3.63) is 59.4 Å². The predicted octanol–water partition coefficient (Wildman–Crippen LogP) is 5.15. The number of carbonyl (C=O) groups excluding carboxylic acids is 1. The van der Waals surface area contributed by atoms with Crippen LogP contribution in [0.5, 0.6) is 0 Å². The molecule has 1 aliphatic heterocycles. The summed E-state index contributed by atoms with van der Waals surface area (Å²) in [5.41, 5.74) is 0.0182. The van der Waals surface area contributed by atoms with Gasteiger partial charge in [-0.05, 0) is 18.1 Å². The SMILES string of the molecule is CC(C)C(=O)N1C[C@H](F)[C@H](C)[C@@H]1Cc1cccc(-c2cccc(F)c2F)c1F. The number of rotatable bonds is 4. The number of amides is 1. The zero-order chi connectivity index (χ0) is 20.6. The summed E-state index contributed by atoms with van der Waals surface area (Å²) in [6.45, 7) is 5.17. The molecule has 1 saturated heterocycles. The van der Waals surface area contributed by atoms with E-state index < -0.39 is 35.6 Å². The van der Waals surface area contributed by atoms with Crippen LogP contribution in [0.2, 0.25) is 0 Å². The number of alkyl halides is 1. The average molecular weight is 393 g/mol. The number of nitrogens with zero attached hydrogens (tertiary/aromatic N) is 1. The van der Waals surface area contributed by atoms with E-state index in [0.29, 0.717) is 0 Å². The van der Waals surface area contributed by atoms with Gasteiger partial charge in [0.05, 0.1) is 6.54 Å². The Hall–Kier alpha value is -2.37. The molecule has 0 saturated carbocycles. The van der Waals surface area contributed by atoms with Crippen LogP contribution in [0.3, 0.4) is 0 Å². The Bertz CT molecular complexity index is 883. The third-order valence-electron chi connectivity index (χ3n) is 5.48. The van der Waals surface area contributed by atoms with Gasteiger partial charge in [-0.15, -0.1) is 0 Å². The molecular weight excluding hydrogens is 370 g/mol. The van der Waals surface area contributed by atoms with E-state index >= 15 is 4.39 Å². The fourth-order valence-corrected chi connectivity index (χ4v) is 3.78. The molecule has 0 spiro atoms. The van der Waals surface area contributed by atoms with E-state index in [0.717, 1.165) is 6.07 Å². The van der Waals surface area contributed by atoms with Gasteiger partial charge in [0, 0.05) is 29.0 Å². The van der Waals surface area contributed by atoms with E-state index in [4.69, 9.17) is 0 Å². The molecule has 1 heterocycles. The summed E-state index contributed by atoms with van der Waals surface area (Å²) in [5, 5.41) is 0. The Labute approximate surface area is 162 Å². The van der Waals surface area contributed by atoms with Gasteiger partial charge in [0.25, 0.3) is 0 Å². The Morgan fingerprint density at radius 3 is 2.32 bits per heavy atom. The predicted molar refractivity (Wildman–Crippen MR) is 99.9 cm³/mol. The molecule has 0 unspecified atom stereocenters. The van der Waals surface area contributed by atoms with Gasteiger partial charge >= 0.3 is 0 Å². The average Bonchev–Trinajstić information content (AvgIpc) is 2.93. The second-order valence-electron chi connectivity index (χ2n) is 7.67. The van der Waals surface area contributed by atoms with Crippen molar-refractivity contribution in [2.75, 3.05) is 6.54 Å². The largest absolute Gasteiger partial charge is 0.336 e. The first-order valence-electron chi connectivity index (χ1n) is 9.38. The molecule has 1 amide bonds. The first kappa shape index (κ1) is 20.4. The van der Waals surface area contributed by atoms with Crippen molar-refractivity contribution in [2.45, 2.75) is 39.4 Å². The summed E-state index contributed by atoms with van der Waals surface area (Å²) < 4.78 is 57.1. The Balaban J connectivity index is 1.96. The number of halogens is 4. The monoisotopic (exact) mass is 393 g/mol. The molecule has 0 bridgehead atoms. The van der Waals surface area contributed by atoms with Crippen molar-refractivity contribution < 1.29 is 22.4 Å². The summed E-state index contributed by atoms with van der Waals surface area (Å²) in [7, 11) is 0. The molecule has 6 heteroatoms. The highest BCUT2D eigenvalue weighted by atomic mass is 19.2. The fourth-order valence-electron chi connectivity index (χ4n) is 3.78. The zero-order valence-corrected chi connectivity index (χ0v) is 16.1. The maximum atomic E-state index is 15.1. The van der Waals surface area contributed by atoms with Crippen LogP contribution in [0, 0.1) is 29.3 Å². The third-order valence-corrected chi connectivity index (χ3v) is 5.48. The van der Waals surface area contributed by atoms with Crippen LogP contribution in [0.1, 0.15) is 26.3 Å². The van der Waals surface area contributed by atoms with Crippen molar-refractivity contribution in [3.63, 3.8) is 0 Å². The van der Waals surface area contributed by atoms with Crippen molar-refractivity contribution >= 4 is 5.91 Å². The van der Waals surface area contributed by atoms with Gasteiger partial charge < -0.3 is 4.90 Å². The van der Waals surface area contributed by atoms with Crippen molar-refractivity contribution in [3.8, 4) is 11.1 Å². The van der Waals surface area contributed by atoms with Crippen LogP contribution in [0.4, 0.5) is 17.6 Å². The first-order chi connectivity index (χ1) is 13.2. The molecule has 0 aliphatic carbocycles. The molecule has 2 aromatic rings. The molecule has 150 valence electrons. The molecule has 0 radical (unpaired) electrons. The molecule has 0 aromatic heterocycles. The number of benzene rings is 2. The molecule has 1 aliphatic rings. The van der Waals surface area contributed by atoms with E-state index in [9.17, 15) is 18.0 Å². The van der Waals surface area contributed by atoms with Gasteiger partial charge in [-0.3, -0.25) is 4.79 Å². The Morgan fingerprint density at radius 1 is 1.07 bits per heavy atom. The molecule has 28 heavy (non-hydrogen) atoms. The molecule has 3 atom stereocenters. The highest BCUT2D eigenvalue weighted by Gasteiger charge is 2.42. The van der Waals surface area contributed by atoms with E-state index in [1.807, 2.05) is 0 Å². The van der Waals surface area contributed by atoms with E-state index in [1.54, 1.807) is 26.8 Å². The molecular formula is C22H23F4NO. The first-order valence-corrected chi connectivity index (χ1v) is 9.38. The third kappa shape index (κ3) is 3.64. The van der Waals surface area contributed by atoms with Crippen LogP contribution in [0.25, 0.3) is 11.1 Å². The van der Waals surface area contributed by atoms with Crippen molar-refractivity contribution in [1.82, 2.24) is 4.90 Å². The second kappa shape index (κ2) is 7.94. The van der Waals surface area contributed by atoms with Gasteiger partial charge in [-0.1, -0.05) is 51.1 Å². The van der Waals surface area contributed by atoms with Crippen molar-refractivity contribution in [2.24, 2.45) is 11.8 Å². The Kier molecular flexibility index (Phi) is 5.77. The van der Waals surface area contributed by atoms with Gasteiger partial charge in [-0.25, -0.2) is 17.6 Å². The Morgan fingerprint density at radius 2 is 1.68 bits per heavy atom. The summed E-state index contributed by atoms with van der Waals surface area (Å²) in [6.07, 6.45) is -1.07. The molecule has 2 aromatic carbocycles. The normalized spacial score (nSPS) is 22.1. The minimum atomic E-state index is -1.18. The molecule has 0 N–H and O–H groups in total. The van der Waals surface area contributed by atoms with Crippen LogP contribution in [-0.2, 0) is 11.2 Å². The summed E-state index contributed by atoms with van der Waals surface area (Å²) in [4.78, 5) is 13.9. The van der Waals surface area contributed by atoms with E-state index in [1.165, 1.54) is 29.2 Å². The number of hydrogen-bond donors (Lipinski definition) is 0. The lowest BCUT2D eigenvalue weighted by molar-refractivity contribution is -0.135. The quantitative estimate of drug-likeness (QED) is 0.658. The van der Waals surface area contributed by atoms with E-state index in [2.05, 4.69) is 0 Å². The highest BCUT2D eigenvalue weighted by molar-refractivity contribution is 5.79. The molecule has 3 rings (SSSR count). The van der Waals surface area contributed by atoms with Crippen LogP contribution in [-0.4, -0.2) is 29.6 Å². The van der Waals surface area contributed by atoms with Gasteiger partial charge in [0.1, 0.15) is 12.0 Å². The lowest BCUT2D eigenvalue weighted by Crippen LogP contribution is -2.41. The van der Waals surface area contributed by atoms with Gasteiger partial charge in [0.2, 0.25) is 5.91 Å². The highest BCUT2D eigenvalue weighted by Crippen LogP contribution is 2.34. The number of likely N-dealkylation sites (tertiary alicyclic amines) is 1. The minimum absolute atomic E-state index is 0.0112. The minimum Gasteiger partial charge on any atom is -0.336 e. The molecule has 2 nitrogen and oxygen atoms in total. The molecule has 1 fully saturated rings. The summed E-state index contributed by atoms with van der Waals surface area (Å²) in [6, 6.07) is 7.57. The standard InChI is InChI=1S/C22H23F4NO/c1-12(2)22(28)27-11-18(24)13(3)19(27)10-14-6-4-7-15(20(14)25)16-8-5-9-17(23)21(16)26/h4-9,12-13,18-19H,10-11H2,1-3H3/t13-,18-,19-/m0/s1.